The molecule has 0 spiro atoms. The van der Waals surface area contributed by atoms with Crippen LogP contribution in [0.1, 0.15) is 6.42 Å². The molecule has 0 aliphatic carbocycles. The van der Waals surface area contributed by atoms with E-state index in [2.05, 4.69) is 4.90 Å². The number of rotatable bonds is 2. The molecule has 1 amide bonds. The van der Waals surface area contributed by atoms with Crippen molar-refractivity contribution < 1.29 is 13.2 Å². The first-order valence-electron chi connectivity index (χ1n) is 7.45. The number of sulfone groups is 1. The van der Waals surface area contributed by atoms with E-state index in [1.807, 2.05) is 24.3 Å². The van der Waals surface area contributed by atoms with Crippen molar-refractivity contribution in [2.45, 2.75) is 6.42 Å². The van der Waals surface area contributed by atoms with Gasteiger partial charge < -0.3 is 9.80 Å². The van der Waals surface area contributed by atoms with Crippen molar-refractivity contribution in [3.63, 3.8) is 0 Å². The minimum absolute atomic E-state index is 0.0105. The molecule has 2 aliphatic heterocycles. The maximum Gasteiger partial charge on any atom is 0.226 e. The summed E-state index contributed by atoms with van der Waals surface area (Å²) in [5.74, 6) is -0.212. The van der Waals surface area contributed by atoms with Crippen molar-refractivity contribution in [1.29, 1.82) is 0 Å². The Morgan fingerprint density at radius 1 is 1.14 bits per heavy atom. The van der Waals surface area contributed by atoms with Crippen molar-refractivity contribution in [3.05, 3.63) is 29.3 Å². The number of carbonyl (C=O) groups is 1. The number of para-hydroxylation sites is 1. The third-order valence-electron chi connectivity index (χ3n) is 4.37. The lowest BCUT2D eigenvalue weighted by Gasteiger charge is -2.37. The Labute approximate surface area is 135 Å². The maximum atomic E-state index is 12.4. The molecule has 7 heteroatoms. The topological polar surface area (TPSA) is 57.7 Å². The molecule has 1 aromatic rings. The summed E-state index contributed by atoms with van der Waals surface area (Å²) >= 11 is 6.20. The molecule has 0 saturated carbocycles. The summed E-state index contributed by atoms with van der Waals surface area (Å²) in [7, 11) is -3.01. The zero-order chi connectivity index (χ0) is 15.7. The van der Waals surface area contributed by atoms with Crippen LogP contribution in [0.3, 0.4) is 0 Å². The van der Waals surface area contributed by atoms with Crippen molar-refractivity contribution in [1.82, 2.24) is 4.90 Å². The summed E-state index contributed by atoms with van der Waals surface area (Å²) < 4.78 is 23.0. The maximum absolute atomic E-state index is 12.4. The first kappa shape index (κ1) is 15.6. The molecule has 0 aromatic heterocycles. The molecule has 22 heavy (non-hydrogen) atoms. The van der Waals surface area contributed by atoms with Crippen molar-refractivity contribution in [3.8, 4) is 0 Å². The molecule has 5 nitrogen and oxygen atoms in total. The molecule has 0 unspecified atom stereocenters. The minimum atomic E-state index is -3.01. The number of piperazine rings is 1. The van der Waals surface area contributed by atoms with Gasteiger partial charge in [-0.3, -0.25) is 4.79 Å². The molecular formula is C15H19ClN2O3S. The van der Waals surface area contributed by atoms with Gasteiger partial charge in [0.1, 0.15) is 0 Å². The lowest BCUT2D eigenvalue weighted by atomic mass is 10.1. The van der Waals surface area contributed by atoms with E-state index < -0.39 is 9.84 Å². The Bertz CT molecular complexity index is 669. The summed E-state index contributed by atoms with van der Waals surface area (Å²) in [6, 6.07) is 7.68. The van der Waals surface area contributed by atoms with E-state index in [1.54, 1.807) is 4.90 Å². The Morgan fingerprint density at radius 3 is 2.41 bits per heavy atom. The number of amides is 1. The van der Waals surface area contributed by atoms with Crippen molar-refractivity contribution in [2.24, 2.45) is 5.92 Å². The van der Waals surface area contributed by atoms with E-state index in [9.17, 15) is 13.2 Å². The smallest absolute Gasteiger partial charge is 0.226 e. The van der Waals surface area contributed by atoms with Crippen LogP contribution in [0.5, 0.6) is 0 Å². The number of hydrogen-bond donors (Lipinski definition) is 0. The second-order valence-corrected chi connectivity index (χ2v) is 8.50. The van der Waals surface area contributed by atoms with Crippen LogP contribution >= 0.6 is 11.6 Å². The van der Waals surface area contributed by atoms with Gasteiger partial charge in [-0.25, -0.2) is 8.42 Å². The zero-order valence-corrected chi connectivity index (χ0v) is 13.8. The Hall–Kier alpha value is -1.27. The van der Waals surface area contributed by atoms with E-state index >= 15 is 0 Å². The van der Waals surface area contributed by atoms with E-state index in [1.165, 1.54) is 0 Å². The van der Waals surface area contributed by atoms with Crippen LogP contribution in [0.2, 0.25) is 5.02 Å². The molecule has 0 bridgehead atoms. The Balaban J connectivity index is 1.60. The van der Waals surface area contributed by atoms with Crippen LogP contribution in [0, 0.1) is 5.92 Å². The molecule has 3 rings (SSSR count). The van der Waals surface area contributed by atoms with E-state index in [0.717, 1.165) is 18.8 Å². The average Bonchev–Trinajstić information content (AvgIpc) is 2.87. The molecule has 0 radical (unpaired) electrons. The predicted molar refractivity (Wildman–Crippen MR) is 87.0 cm³/mol. The van der Waals surface area contributed by atoms with Crippen molar-refractivity contribution >= 4 is 33.0 Å². The normalized spacial score (nSPS) is 24.5. The van der Waals surface area contributed by atoms with Crippen LogP contribution in [0.15, 0.2) is 24.3 Å². The SMILES string of the molecule is O=C([C@@H]1CCS(=O)(=O)C1)N1CCN(c2ccccc2Cl)CC1. The minimum Gasteiger partial charge on any atom is -0.367 e. The molecule has 2 fully saturated rings. The summed E-state index contributed by atoms with van der Waals surface area (Å²) in [4.78, 5) is 16.4. The van der Waals surface area contributed by atoms with Crippen LogP contribution in [-0.4, -0.2) is 56.9 Å². The largest absolute Gasteiger partial charge is 0.367 e. The van der Waals surface area contributed by atoms with Gasteiger partial charge in [-0.2, -0.15) is 0 Å². The molecule has 2 heterocycles. The summed E-state index contributed by atoms with van der Waals surface area (Å²) in [5, 5.41) is 0.712. The lowest BCUT2D eigenvalue weighted by Crippen LogP contribution is -2.50. The van der Waals surface area contributed by atoms with Gasteiger partial charge in [-0.05, 0) is 18.6 Å². The molecular weight excluding hydrogens is 324 g/mol. The lowest BCUT2D eigenvalue weighted by molar-refractivity contribution is -0.135. The first-order chi connectivity index (χ1) is 10.5. The first-order valence-corrected chi connectivity index (χ1v) is 9.65. The van der Waals surface area contributed by atoms with Gasteiger partial charge in [0.2, 0.25) is 5.91 Å². The third-order valence-corrected chi connectivity index (χ3v) is 6.45. The van der Waals surface area contributed by atoms with Gasteiger partial charge >= 0.3 is 0 Å². The second kappa shape index (κ2) is 6.08. The monoisotopic (exact) mass is 342 g/mol. The predicted octanol–water partition coefficient (Wildman–Crippen LogP) is 1.42. The molecule has 2 saturated heterocycles. The van der Waals surface area contributed by atoms with Gasteiger partial charge in [-0.15, -0.1) is 0 Å². The fourth-order valence-corrected chi connectivity index (χ4v) is 5.11. The Kier molecular flexibility index (Phi) is 4.32. The fourth-order valence-electron chi connectivity index (χ4n) is 3.12. The highest BCUT2D eigenvalue weighted by Crippen LogP contribution is 2.27. The highest BCUT2D eigenvalue weighted by Gasteiger charge is 2.36. The standard InChI is InChI=1S/C15H19ClN2O3S/c16-13-3-1-2-4-14(13)17-6-8-18(9-7-17)15(19)12-5-10-22(20,21)11-12/h1-4,12H,5-11H2/t12-/m1/s1. The number of anilines is 1. The van der Waals surface area contributed by atoms with Gasteiger partial charge in [0, 0.05) is 26.2 Å². The quantitative estimate of drug-likeness (QED) is 0.815. The molecule has 1 atom stereocenters. The summed E-state index contributed by atoms with van der Waals surface area (Å²) in [5.41, 5.74) is 0.986. The van der Waals surface area contributed by atoms with Gasteiger partial charge in [-0.1, -0.05) is 23.7 Å². The van der Waals surface area contributed by atoms with Crippen LogP contribution < -0.4 is 4.90 Å². The van der Waals surface area contributed by atoms with E-state index in [4.69, 9.17) is 11.6 Å². The second-order valence-electron chi connectivity index (χ2n) is 5.86. The molecule has 1 aromatic carbocycles. The zero-order valence-electron chi connectivity index (χ0n) is 12.2. The summed E-state index contributed by atoms with van der Waals surface area (Å²) in [6.45, 7) is 2.66. The average molecular weight is 343 g/mol. The van der Waals surface area contributed by atoms with E-state index in [-0.39, 0.29) is 23.3 Å². The van der Waals surface area contributed by atoms with Crippen LogP contribution in [0.25, 0.3) is 0 Å². The highest BCUT2D eigenvalue weighted by atomic mass is 35.5. The fraction of sp³-hybridized carbons (Fsp3) is 0.533. The highest BCUT2D eigenvalue weighted by molar-refractivity contribution is 7.91. The Morgan fingerprint density at radius 2 is 1.82 bits per heavy atom. The number of benzene rings is 1. The third kappa shape index (κ3) is 3.22. The number of halogens is 1. The van der Waals surface area contributed by atoms with Gasteiger partial charge in [0.15, 0.2) is 9.84 Å². The molecule has 120 valence electrons. The number of hydrogen-bond acceptors (Lipinski definition) is 4. The van der Waals surface area contributed by atoms with Gasteiger partial charge in [0.05, 0.1) is 28.1 Å². The number of nitrogens with zero attached hydrogens (tertiary/aromatic N) is 2. The van der Waals surface area contributed by atoms with Gasteiger partial charge in [0.25, 0.3) is 0 Å². The summed E-state index contributed by atoms with van der Waals surface area (Å²) in [6.07, 6.45) is 0.464. The van der Waals surface area contributed by atoms with E-state index in [0.29, 0.717) is 24.5 Å². The van der Waals surface area contributed by atoms with Crippen molar-refractivity contribution in [2.75, 3.05) is 42.6 Å². The molecule has 0 N–H and O–H groups in total. The van der Waals surface area contributed by atoms with Crippen LogP contribution in [0.4, 0.5) is 5.69 Å². The van der Waals surface area contributed by atoms with Crippen LogP contribution in [-0.2, 0) is 14.6 Å². The molecule has 2 aliphatic rings. The number of carbonyl (C=O) groups excluding carboxylic acids is 1.